The Morgan fingerprint density at radius 3 is 2.37 bits per heavy atom. The number of imide groups is 1. The van der Waals surface area contributed by atoms with Crippen molar-refractivity contribution in [3.63, 3.8) is 0 Å². The van der Waals surface area contributed by atoms with Gasteiger partial charge in [0.2, 0.25) is 0 Å². The summed E-state index contributed by atoms with van der Waals surface area (Å²) in [6.07, 6.45) is 0.668. The van der Waals surface area contributed by atoms with Gasteiger partial charge in [0.1, 0.15) is 6.61 Å². The molecule has 0 bridgehead atoms. The Morgan fingerprint density at radius 2 is 1.73 bits per heavy atom. The molecule has 0 aromatic heterocycles. The van der Waals surface area contributed by atoms with Crippen LogP contribution in [-0.2, 0) is 11.3 Å². The molecule has 0 heterocycles. The van der Waals surface area contributed by atoms with E-state index in [1.807, 2.05) is 30.3 Å². The summed E-state index contributed by atoms with van der Waals surface area (Å²) < 4.78 is 16.2. The summed E-state index contributed by atoms with van der Waals surface area (Å²) >= 11 is 6.30. The Bertz CT molecular complexity index is 860. The second-order valence-electron chi connectivity index (χ2n) is 6.67. The van der Waals surface area contributed by atoms with Crippen molar-refractivity contribution in [3.05, 3.63) is 58.6 Å². The third kappa shape index (κ3) is 6.11. The summed E-state index contributed by atoms with van der Waals surface area (Å²) in [5.41, 5.74) is 1.12. The SMILES string of the molecule is COCCCN(C)C(=O)N(C)C(=O)c1cc(OCc2ccccc2)c(OC)cc1Cl. The number of nitrogens with zero attached hydrogens (tertiary/aromatic N) is 2. The van der Waals surface area contributed by atoms with Crippen LogP contribution in [0.1, 0.15) is 22.3 Å². The molecule has 0 saturated carbocycles. The lowest BCUT2D eigenvalue weighted by Gasteiger charge is -2.24. The Hall–Kier alpha value is -2.77. The first-order chi connectivity index (χ1) is 14.4. The van der Waals surface area contributed by atoms with E-state index >= 15 is 0 Å². The maximum Gasteiger partial charge on any atom is 0.326 e. The summed E-state index contributed by atoms with van der Waals surface area (Å²) in [6, 6.07) is 12.2. The zero-order chi connectivity index (χ0) is 22.1. The molecule has 2 rings (SSSR count). The molecule has 0 unspecified atom stereocenters. The molecule has 0 saturated heterocycles. The minimum atomic E-state index is -0.532. The van der Waals surface area contributed by atoms with Gasteiger partial charge < -0.3 is 19.1 Å². The Morgan fingerprint density at radius 1 is 1.03 bits per heavy atom. The van der Waals surface area contributed by atoms with E-state index in [1.165, 1.54) is 31.2 Å². The number of rotatable bonds is 9. The van der Waals surface area contributed by atoms with Crippen LogP contribution < -0.4 is 9.47 Å². The number of hydrogen-bond acceptors (Lipinski definition) is 5. The van der Waals surface area contributed by atoms with Crippen LogP contribution in [0.3, 0.4) is 0 Å². The number of ether oxygens (including phenoxy) is 3. The summed E-state index contributed by atoms with van der Waals surface area (Å²) in [7, 11) is 6.14. The zero-order valence-corrected chi connectivity index (χ0v) is 18.4. The van der Waals surface area contributed by atoms with Gasteiger partial charge >= 0.3 is 6.03 Å². The van der Waals surface area contributed by atoms with Crippen molar-refractivity contribution in [2.45, 2.75) is 13.0 Å². The molecule has 2 aromatic carbocycles. The summed E-state index contributed by atoms with van der Waals surface area (Å²) in [4.78, 5) is 28.0. The molecule has 0 fully saturated rings. The molecule has 0 atom stereocenters. The monoisotopic (exact) mass is 434 g/mol. The van der Waals surface area contributed by atoms with Crippen molar-refractivity contribution in [2.75, 3.05) is 41.5 Å². The van der Waals surface area contributed by atoms with Gasteiger partial charge in [0.15, 0.2) is 11.5 Å². The standard InChI is InChI=1S/C22H27ClN2O5/c1-24(11-8-12-28-3)22(27)25(2)21(26)17-13-20(19(29-4)14-18(17)23)30-15-16-9-6-5-7-10-16/h5-7,9-10,13-14H,8,11-12,15H2,1-4H3. The van der Waals surface area contributed by atoms with E-state index in [0.29, 0.717) is 37.7 Å². The van der Waals surface area contributed by atoms with Gasteiger partial charge in [-0.05, 0) is 18.1 Å². The molecule has 3 amide bonds. The number of urea groups is 1. The van der Waals surface area contributed by atoms with Crippen molar-refractivity contribution >= 4 is 23.5 Å². The molecule has 0 radical (unpaired) electrons. The minimum absolute atomic E-state index is 0.154. The maximum absolute atomic E-state index is 12.9. The molecule has 162 valence electrons. The highest BCUT2D eigenvalue weighted by Crippen LogP contribution is 2.34. The van der Waals surface area contributed by atoms with Crippen LogP contribution in [0.25, 0.3) is 0 Å². The predicted molar refractivity (Wildman–Crippen MR) is 115 cm³/mol. The highest BCUT2D eigenvalue weighted by atomic mass is 35.5. The van der Waals surface area contributed by atoms with Gasteiger partial charge in [-0.1, -0.05) is 41.9 Å². The quantitative estimate of drug-likeness (QED) is 0.556. The van der Waals surface area contributed by atoms with E-state index in [-0.39, 0.29) is 10.6 Å². The average molecular weight is 435 g/mol. The maximum atomic E-state index is 12.9. The molecule has 8 heteroatoms. The first-order valence-electron chi connectivity index (χ1n) is 9.45. The van der Waals surface area contributed by atoms with E-state index in [1.54, 1.807) is 14.2 Å². The fourth-order valence-corrected chi connectivity index (χ4v) is 3.01. The number of methoxy groups -OCH3 is 2. The van der Waals surface area contributed by atoms with E-state index in [2.05, 4.69) is 0 Å². The van der Waals surface area contributed by atoms with E-state index in [4.69, 9.17) is 25.8 Å². The van der Waals surface area contributed by atoms with Crippen LogP contribution in [0.5, 0.6) is 11.5 Å². The van der Waals surface area contributed by atoms with Gasteiger partial charge in [-0.3, -0.25) is 9.69 Å². The van der Waals surface area contributed by atoms with Gasteiger partial charge in [-0.2, -0.15) is 0 Å². The van der Waals surface area contributed by atoms with Crippen molar-refractivity contribution in [1.29, 1.82) is 0 Å². The van der Waals surface area contributed by atoms with Crippen molar-refractivity contribution in [1.82, 2.24) is 9.80 Å². The third-order valence-corrected chi connectivity index (χ3v) is 4.79. The fraction of sp³-hybridized carbons (Fsp3) is 0.364. The molecule has 0 aliphatic carbocycles. The second kappa shape index (κ2) is 11.4. The summed E-state index contributed by atoms with van der Waals surface area (Å²) in [6.45, 7) is 1.29. The Labute approximate surface area is 182 Å². The van der Waals surface area contributed by atoms with Gasteiger partial charge in [0.05, 0.1) is 17.7 Å². The highest BCUT2D eigenvalue weighted by molar-refractivity contribution is 6.34. The van der Waals surface area contributed by atoms with Crippen molar-refractivity contribution < 1.29 is 23.8 Å². The van der Waals surface area contributed by atoms with Crippen LogP contribution in [0.4, 0.5) is 4.79 Å². The molecular weight excluding hydrogens is 408 g/mol. The summed E-state index contributed by atoms with van der Waals surface area (Å²) in [5, 5.41) is 0.172. The molecule has 0 aliphatic rings. The van der Waals surface area contributed by atoms with Crippen molar-refractivity contribution in [3.8, 4) is 11.5 Å². The number of amides is 3. The number of carbonyl (C=O) groups is 2. The highest BCUT2D eigenvalue weighted by Gasteiger charge is 2.25. The number of halogens is 1. The smallest absolute Gasteiger partial charge is 0.326 e. The Kier molecular flexibility index (Phi) is 8.95. The predicted octanol–water partition coefficient (Wildman–Crippen LogP) is 4.09. The zero-order valence-electron chi connectivity index (χ0n) is 17.7. The normalized spacial score (nSPS) is 10.4. The number of carbonyl (C=O) groups excluding carboxylic acids is 2. The lowest BCUT2D eigenvalue weighted by atomic mass is 10.1. The topological polar surface area (TPSA) is 68.3 Å². The average Bonchev–Trinajstić information content (AvgIpc) is 2.77. The van der Waals surface area contributed by atoms with Gasteiger partial charge in [0, 0.05) is 40.4 Å². The lowest BCUT2D eigenvalue weighted by molar-refractivity contribution is 0.0800. The van der Waals surface area contributed by atoms with Gasteiger partial charge in [-0.25, -0.2) is 4.79 Å². The van der Waals surface area contributed by atoms with E-state index in [0.717, 1.165) is 10.5 Å². The molecule has 7 nitrogen and oxygen atoms in total. The van der Waals surface area contributed by atoms with Crippen LogP contribution in [0, 0.1) is 0 Å². The molecular formula is C22H27ClN2O5. The van der Waals surface area contributed by atoms with Gasteiger partial charge in [-0.15, -0.1) is 0 Å². The third-order valence-electron chi connectivity index (χ3n) is 4.48. The molecule has 0 spiro atoms. The van der Waals surface area contributed by atoms with Crippen molar-refractivity contribution in [2.24, 2.45) is 0 Å². The number of benzene rings is 2. The lowest BCUT2D eigenvalue weighted by Crippen LogP contribution is -2.42. The van der Waals surface area contributed by atoms with Crippen LogP contribution >= 0.6 is 11.6 Å². The van der Waals surface area contributed by atoms with Gasteiger partial charge in [0.25, 0.3) is 5.91 Å². The van der Waals surface area contributed by atoms with Crippen LogP contribution in [0.2, 0.25) is 5.02 Å². The van der Waals surface area contributed by atoms with E-state index < -0.39 is 11.9 Å². The fourth-order valence-electron chi connectivity index (χ4n) is 2.77. The first-order valence-corrected chi connectivity index (χ1v) is 9.83. The molecule has 30 heavy (non-hydrogen) atoms. The molecule has 2 aromatic rings. The minimum Gasteiger partial charge on any atom is -0.493 e. The molecule has 0 N–H and O–H groups in total. The summed E-state index contributed by atoms with van der Waals surface area (Å²) in [5.74, 6) is 0.234. The van der Waals surface area contributed by atoms with Crippen LogP contribution in [-0.4, -0.2) is 63.2 Å². The first kappa shape index (κ1) is 23.5. The van der Waals surface area contributed by atoms with Crippen LogP contribution in [0.15, 0.2) is 42.5 Å². The number of hydrogen-bond donors (Lipinski definition) is 0. The molecule has 0 aliphatic heterocycles. The second-order valence-corrected chi connectivity index (χ2v) is 7.08. The largest absolute Gasteiger partial charge is 0.493 e. The Balaban J connectivity index is 2.18. The van der Waals surface area contributed by atoms with E-state index in [9.17, 15) is 9.59 Å².